The van der Waals surface area contributed by atoms with Crippen LogP contribution in [0.3, 0.4) is 0 Å². The maximum Gasteiger partial charge on any atom is 0.133 e. The van der Waals surface area contributed by atoms with Gasteiger partial charge in [0.05, 0.1) is 10.6 Å². The lowest BCUT2D eigenvalue weighted by atomic mass is 10.2. The fourth-order valence-electron chi connectivity index (χ4n) is 1.86. The highest BCUT2D eigenvalue weighted by molar-refractivity contribution is 9.10. The first-order valence-electron chi connectivity index (χ1n) is 6.86. The van der Waals surface area contributed by atoms with Gasteiger partial charge in [0, 0.05) is 32.7 Å². The second-order valence-electron chi connectivity index (χ2n) is 5.13. The summed E-state index contributed by atoms with van der Waals surface area (Å²) in [6.45, 7) is 3.72. The maximum absolute atomic E-state index is 5.89. The average Bonchev–Trinajstić information content (AvgIpc) is 3.21. The van der Waals surface area contributed by atoms with Crippen LogP contribution in [0.15, 0.2) is 22.7 Å². The molecule has 0 saturated heterocycles. The minimum Gasteiger partial charge on any atom is -0.489 e. The van der Waals surface area contributed by atoms with E-state index in [4.69, 9.17) is 9.47 Å². The number of hydrogen-bond acceptors (Lipinski definition) is 3. The molecule has 3 nitrogen and oxygen atoms in total. The molecule has 0 radical (unpaired) electrons. The quantitative estimate of drug-likeness (QED) is 0.792. The molecule has 1 atom stereocenters. The van der Waals surface area contributed by atoms with Crippen molar-refractivity contribution in [3.63, 3.8) is 0 Å². The number of halogens is 1. The molecular formula is C15H22BrNO2. The van der Waals surface area contributed by atoms with E-state index in [-0.39, 0.29) is 6.10 Å². The lowest BCUT2D eigenvalue weighted by molar-refractivity contribution is 0.134. The molecule has 0 spiro atoms. The van der Waals surface area contributed by atoms with Gasteiger partial charge in [-0.25, -0.2) is 0 Å². The summed E-state index contributed by atoms with van der Waals surface area (Å²) in [5.41, 5.74) is 1.29. The second-order valence-corrected chi connectivity index (χ2v) is 5.98. The Morgan fingerprint density at radius 2 is 2.21 bits per heavy atom. The zero-order valence-corrected chi connectivity index (χ0v) is 13.2. The van der Waals surface area contributed by atoms with E-state index in [2.05, 4.69) is 40.3 Å². The summed E-state index contributed by atoms with van der Waals surface area (Å²) in [5, 5.41) is 3.51. The molecule has 1 N–H and O–H groups in total. The van der Waals surface area contributed by atoms with Crippen LogP contribution in [-0.2, 0) is 11.3 Å². The Bertz CT molecular complexity index is 407. The van der Waals surface area contributed by atoms with Crippen LogP contribution in [0.4, 0.5) is 0 Å². The van der Waals surface area contributed by atoms with Gasteiger partial charge in [-0.1, -0.05) is 6.07 Å². The van der Waals surface area contributed by atoms with Crippen molar-refractivity contribution in [1.82, 2.24) is 5.32 Å². The van der Waals surface area contributed by atoms with Crippen LogP contribution < -0.4 is 10.1 Å². The molecule has 0 bridgehead atoms. The third-order valence-corrected chi connectivity index (χ3v) is 3.84. The average molecular weight is 328 g/mol. The highest BCUT2D eigenvalue weighted by atomic mass is 79.9. The summed E-state index contributed by atoms with van der Waals surface area (Å²) in [7, 11) is 1.71. The van der Waals surface area contributed by atoms with Crippen molar-refractivity contribution in [2.24, 2.45) is 0 Å². The molecule has 0 aromatic heterocycles. The van der Waals surface area contributed by atoms with Crippen LogP contribution >= 0.6 is 15.9 Å². The van der Waals surface area contributed by atoms with Gasteiger partial charge in [-0.05, 0) is 53.4 Å². The molecule has 1 aromatic rings. The number of ether oxygens (including phenoxy) is 2. The summed E-state index contributed by atoms with van der Waals surface area (Å²) < 4.78 is 12.0. The van der Waals surface area contributed by atoms with Gasteiger partial charge in [0.2, 0.25) is 0 Å². The standard InChI is InChI=1S/C15H22BrNO2/c1-11(7-8-18-2)19-15-6-3-12(9-14(15)16)10-17-13-4-5-13/h3,6,9,11,13,17H,4-5,7-8,10H2,1-2H3. The number of hydrogen-bond donors (Lipinski definition) is 1. The summed E-state index contributed by atoms with van der Waals surface area (Å²) in [5.74, 6) is 0.902. The van der Waals surface area contributed by atoms with Gasteiger partial charge in [0.25, 0.3) is 0 Å². The molecule has 2 rings (SSSR count). The van der Waals surface area contributed by atoms with E-state index < -0.39 is 0 Å². The Kier molecular flexibility index (Phi) is 5.67. The fourth-order valence-corrected chi connectivity index (χ4v) is 2.38. The zero-order chi connectivity index (χ0) is 13.7. The Balaban J connectivity index is 1.86. The molecule has 4 heteroatoms. The van der Waals surface area contributed by atoms with E-state index in [1.165, 1.54) is 18.4 Å². The van der Waals surface area contributed by atoms with E-state index in [0.717, 1.165) is 35.8 Å². The lowest BCUT2D eigenvalue weighted by Crippen LogP contribution is -2.16. The summed E-state index contributed by atoms with van der Waals surface area (Å²) in [4.78, 5) is 0. The largest absolute Gasteiger partial charge is 0.489 e. The first-order valence-corrected chi connectivity index (χ1v) is 7.65. The number of nitrogens with one attached hydrogen (secondary N) is 1. The van der Waals surface area contributed by atoms with Crippen molar-refractivity contribution in [2.75, 3.05) is 13.7 Å². The topological polar surface area (TPSA) is 30.5 Å². The van der Waals surface area contributed by atoms with Crippen LogP contribution in [0, 0.1) is 0 Å². The van der Waals surface area contributed by atoms with Crippen LogP contribution in [-0.4, -0.2) is 25.9 Å². The van der Waals surface area contributed by atoms with E-state index >= 15 is 0 Å². The van der Waals surface area contributed by atoms with Crippen LogP contribution in [0.1, 0.15) is 31.7 Å². The summed E-state index contributed by atoms with van der Waals surface area (Å²) >= 11 is 3.58. The molecule has 1 saturated carbocycles. The molecule has 0 amide bonds. The predicted octanol–water partition coefficient (Wildman–Crippen LogP) is 3.50. The first kappa shape index (κ1) is 14.8. The fraction of sp³-hybridized carbons (Fsp3) is 0.600. The smallest absolute Gasteiger partial charge is 0.133 e. The third-order valence-electron chi connectivity index (χ3n) is 3.23. The Morgan fingerprint density at radius 1 is 1.42 bits per heavy atom. The molecule has 1 unspecified atom stereocenters. The third kappa shape index (κ3) is 5.13. The van der Waals surface area contributed by atoms with Crippen molar-refractivity contribution in [3.05, 3.63) is 28.2 Å². The van der Waals surface area contributed by atoms with Gasteiger partial charge in [0.1, 0.15) is 5.75 Å². The van der Waals surface area contributed by atoms with Crippen LogP contribution in [0.5, 0.6) is 5.75 Å². The molecule has 1 aromatic carbocycles. The minimum absolute atomic E-state index is 0.159. The molecule has 0 heterocycles. The maximum atomic E-state index is 5.89. The van der Waals surface area contributed by atoms with Crippen LogP contribution in [0.25, 0.3) is 0 Å². The molecule has 106 valence electrons. The van der Waals surface area contributed by atoms with Gasteiger partial charge in [-0.3, -0.25) is 0 Å². The molecule has 1 fully saturated rings. The number of methoxy groups -OCH3 is 1. The van der Waals surface area contributed by atoms with Crippen molar-refractivity contribution < 1.29 is 9.47 Å². The van der Waals surface area contributed by atoms with Crippen molar-refractivity contribution in [2.45, 2.75) is 44.9 Å². The zero-order valence-electron chi connectivity index (χ0n) is 11.6. The van der Waals surface area contributed by atoms with E-state index in [9.17, 15) is 0 Å². The SMILES string of the molecule is COCCC(C)Oc1ccc(CNC2CC2)cc1Br. The molecule has 1 aliphatic carbocycles. The number of rotatable bonds is 8. The highest BCUT2D eigenvalue weighted by Gasteiger charge is 2.20. The minimum atomic E-state index is 0.159. The van der Waals surface area contributed by atoms with Gasteiger partial charge in [-0.15, -0.1) is 0 Å². The van der Waals surface area contributed by atoms with Crippen LogP contribution in [0.2, 0.25) is 0 Å². The monoisotopic (exact) mass is 327 g/mol. The van der Waals surface area contributed by atoms with Gasteiger partial charge in [0.15, 0.2) is 0 Å². The van der Waals surface area contributed by atoms with Gasteiger partial charge in [-0.2, -0.15) is 0 Å². The highest BCUT2D eigenvalue weighted by Crippen LogP contribution is 2.28. The van der Waals surface area contributed by atoms with E-state index in [0.29, 0.717) is 0 Å². The Morgan fingerprint density at radius 3 is 2.84 bits per heavy atom. The van der Waals surface area contributed by atoms with Gasteiger partial charge >= 0.3 is 0 Å². The van der Waals surface area contributed by atoms with E-state index in [1.807, 2.05) is 6.07 Å². The van der Waals surface area contributed by atoms with Crippen molar-refractivity contribution in [1.29, 1.82) is 0 Å². The summed E-state index contributed by atoms with van der Waals surface area (Å²) in [6.07, 6.45) is 3.69. The molecule has 1 aliphatic rings. The van der Waals surface area contributed by atoms with Crippen molar-refractivity contribution >= 4 is 15.9 Å². The molecule has 0 aliphatic heterocycles. The lowest BCUT2D eigenvalue weighted by Gasteiger charge is -2.16. The van der Waals surface area contributed by atoms with Gasteiger partial charge < -0.3 is 14.8 Å². The number of benzene rings is 1. The second kappa shape index (κ2) is 7.27. The van der Waals surface area contributed by atoms with E-state index in [1.54, 1.807) is 7.11 Å². The molecular weight excluding hydrogens is 306 g/mol. The van der Waals surface area contributed by atoms with Crippen molar-refractivity contribution in [3.8, 4) is 5.75 Å². The summed E-state index contributed by atoms with van der Waals surface area (Å²) in [6, 6.07) is 7.03. The molecule has 19 heavy (non-hydrogen) atoms. The first-order chi connectivity index (χ1) is 9.19. The Hall–Kier alpha value is -0.580. The normalized spacial score (nSPS) is 16.4. The Labute approximate surface area is 123 Å². The predicted molar refractivity (Wildman–Crippen MR) is 80.6 cm³/mol.